The zero-order valence-corrected chi connectivity index (χ0v) is 13.9. The van der Waals surface area contributed by atoms with Crippen molar-refractivity contribution in [3.8, 4) is 0 Å². The molecule has 0 saturated heterocycles. The van der Waals surface area contributed by atoms with Gasteiger partial charge < -0.3 is 15.5 Å². The van der Waals surface area contributed by atoms with Gasteiger partial charge in [0.05, 0.1) is 12.6 Å². The number of rotatable bonds is 5. The fourth-order valence-electron chi connectivity index (χ4n) is 2.62. The van der Waals surface area contributed by atoms with Gasteiger partial charge in [-0.3, -0.25) is 9.59 Å². The van der Waals surface area contributed by atoms with Crippen LogP contribution in [0, 0.1) is 0 Å². The monoisotopic (exact) mass is 325 g/mol. The van der Waals surface area contributed by atoms with Gasteiger partial charge in [-0.05, 0) is 31.4 Å². The summed E-state index contributed by atoms with van der Waals surface area (Å²) < 4.78 is 0. The van der Waals surface area contributed by atoms with Crippen LogP contribution in [0.1, 0.15) is 25.0 Å². The maximum absolute atomic E-state index is 12.6. The number of likely N-dealkylation sites (N-methyl/N-ethyl adjacent to an activating group) is 2. The third-order valence-electron chi connectivity index (χ3n) is 3.78. The molecule has 0 spiro atoms. The maximum atomic E-state index is 12.6. The van der Waals surface area contributed by atoms with E-state index in [4.69, 9.17) is 0 Å². The van der Waals surface area contributed by atoms with E-state index in [-0.39, 0.29) is 36.8 Å². The van der Waals surface area contributed by atoms with Gasteiger partial charge in [-0.15, -0.1) is 12.4 Å². The third kappa shape index (κ3) is 4.45. The minimum atomic E-state index is -0.241. The molecule has 0 fully saturated rings. The summed E-state index contributed by atoms with van der Waals surface area (Å²) in [5.41, 5.74) is 2.46. The first kappa shape index (κ1) is 18.5. The number of amides is 2. The number of nitrogens with zero attached hydrogens (tertiary/aromatic N) is 1. The molecule has 0 aliphatic carbocycles. The SMILES string of the molecule is CCNC(=O)CN(CC)C(=O)C1Cc2ccccc2CN1.Cl. The molecule has 2 rings (SSSR count). The number of carbonyl (C=O) groups excluding carboxylic acids is 2. The molecule has 0 radical (unpaired) electrons. The highest BCUT2D eigenvalue weighted by Gasteiger charge is 2.28. The first-order valence-corrected chi connectivity index (χ1v) is 7.51. The number of carbonyl (C=O) groups is 2. The molecule has 1 aliphatic heterocycles. The van der Waals surface area contributed by atoms with Crippen molar-refractivity contribution in [2.75, 3.05) is 19.6 Å². The lowest BCUT2D eigenvalue weighted by Gasteiger charge is -2.30. The predicted molar refractivity (Wildman–Crippen MR) is 89.0 cm³/mol. The summed E-state index contributed by atoms with van der Waals surface area (Å²) >= 11 is 0. The van der Waals surface area contributed by atoms with Gasteiger partial charge in [0.25, 0.3) is 0 Å². The van der Waals surface area contributed by atoms with E-state index in [0.29, 0.717) is 26.1 Å². The Hall–Kier alpha value is -1.59. The van der Waals surface area contributed by atoms with Gasteiger partial charge >= 0.3 is 0 Å². The van der Waals surface area contributed by atoms with Gasteiger partial charge in [0.2, 0.25) is 11.8 Å². The van der Waals surface area contributed by atoms with Gasteiger partial charge in [-0.25, -0.2) is 0 Å². The van der Waals surface area contributed by atoms with E-state index in [0.717, 1.165) is 0 Å². The lowest BCUT2D eigenvalue weighted by atomic mass is 9.95. The maximum Gasteiger partial charge on any atom is 0.240 e. The Morgan fingerprint density at radius 1 is 1.27 bits per heavy atom. The zero-order chi connectivity index (χ0) is 15.2. The smallest absolute Gasteiger partial charge is 0.240 e. The highest BCUT2D eigenvalue weighted by molar-refractivity contribution is 5.88. The van der Waals surface area contributed by atoms with Crippen molar-refractivity contribution in [1.82, 2.24) is 15.5 Å². The first-order valence-electron chi connectivity index (χ1n) is 7.51. The van der Waals surface area contributed by atoms with E-state index < -0.39 is 0 Å². The normalized spacial score (nSPS) is 16.2. The fourth-order valence-corrected chi connectivity index (χ4v) is 2.62. The molecule has 122 valence electrons. The quantitative estimate of drug-likeness (QED) is 0.852. The van der Waals surface area contributed by atoms with Crippen LogP contribution in [0.25, 0.3) is 0 Å². The molecule has 1 atom stereocenters. The second kappa shape index (κ2) is 8.76. The number of hydrogen-bond acceptors (Lipinski definition) is 3. The highest BCUT2D eigenvalue weighted by Crippen LogP contribution is 2.17. The summed E-state index contributed by atoms with van der Waals surface area (Å²) in [5.74, 6) is -0.109. The van der Waals surface area contributed by atoms with Crippen LogP contribution in [0.5, 0.6) is 0 Å². The highest BCUT2D eigenvalue weighted by atomic mass is 35.5. The largest absolute Gasteiger partial charge is 0.355 e. The van der Waals surface area contributed by atoms with Gasteiger partial charge in [0.15, 0.2) is 0 Å². The number of benzene rings is 1. The predicted octanol–water partition coefficient (Wildman–Crippen LogP) is 1.11. The molecule has 6 heteroatoms. The Bertz CT molecular complexity index is 522. The van der Waals surface area contributed by atoms with Crippen LogP contribution in [0.2, 0.25) is 0 Å². The lowest BCUT2D eigenvalue weighted by Crippen LogP contribution is -2.51. The summed E-state index contributed by atoms with van der Waals surface area (Å²) in [7, 11) is 0. The molecule has 1 heterocycles. The summed E-state index contributed by atoms with van der Waals surface area (Å²) in [4.78, 5) is 25.8. The topological polar surface area (TPSA) is 61.4 Å². The second-order valence-corrected chi connectivity index (χ2v) is 5.21. The van der Waals surface area contributed by atoms with Crippen LogP contribution in [0.4, 0.5) is 0 Å². The molecule has 1 aromatic rings. The number of hydrogen-bond donors (Lipinski definition) is 2. The zero-order valence-electron chi connectivity index (χ0n) is 13.1. The molecule has 2 amide bonds. The minimum Gasteiger partial charge on any atom is -0.355 e. The van der Waals surface area contributed by atoms with Crippen LogP contribution in [-0.4, -0.2) is 42.4 Å². The van der Waals surface area contributed by atoms with E-state index >= 15 is 0 Å². The summed E-state index contributed by atoms with van der Waals surface area (Å²) in [6.45, 7) is 5.72. The van der Waals surface area contributed by atoms with E-state index in [1.54, 1.807) is 4.90 Å². The van der Waals surface area contributed by atoms with Crippen molar-refractivity contribution < 1.29 is 9.59 Å². The number of halogens is 1. The second-order valence-electron chi connectivity index (χ2n) is 5.21. The van der Waals surface area contributed by atoms with E-state index in [1.165, 1.54) is 11.1 Å². The molecule has 2 N–H and O–H groups in total. The van der Waals surface area contributed by atoms with Crippen molar-refractivity contribution in [1.29, 1.82) is 0 Å². The number of fused-ring (bicyclic) bond motifs is 1. The van der Waals surface area contributed by atoms with Crippen LogP contribution >= 0.6 is 12.4 Å². The Labute approximate surface area is 137 Å². The van der Waals surface area contributed by atoms with Crippen molar-refractivity contribution in [2.45, 2.75) is 32.9 Å². The molecule has 22 heavy (non-hydrogen) atoms. The van der Waals surface area contributed by atoms with E-state index in [2.05, 4.69) is 22.8 Å². The summed E-state index contributed by atoms with van der Waals surface area (Å²) in [6.07, 6.45) is 0.681. The van der Waals surface area contributed by atoms with Crippen LogP contribution in [0.3, 0.4) is 0 Å². The van der Waals surface area contributed by atoms with E-state index in [1.807, 2.05) is 26.0 Å². The van der Waals surface area contributed by atoms with Crippen molar-refractivity contribution in [2.24, 2.45) is 0 Å². The molecule has 5 nitrogen and oxygen atoms in total. The Morgan fingerprint density at radius 2 is 1.95 bits per heavy atom. The molecule has 1 unspecified atom stereocenters. The molecule has 1 aliphatic rings. The lowest BCUT2D eigenvalue weighted by molar-refractivity contribution is -0.137. The Balaban J connectivity index is 0.00000242. The average molecular weight is 326 g/mol. The summed E-state index contributed by atoms with van der Waals surface area (Å²) in [5, 5.41) is 6.00. The minimum absolute atomic E-state index is 0. The van der Waals surface area contributed by atoms with Gasteiger partial charge in [-0.2, -0.15) is 0 Å². The van der Waals surface area contributed by atoms with Crippen LogP contribution < -0.4 is 10.6 Å². The molecule has 0 aromatic heterocycles. The van der Waals surface area contributed by atoms with Crippen LogP contribution in [0.15, 0.2) is 24.3 Å². The molecule has 1 aromatic carbocycles. The standard InChI is InChI=1S/C16H23N3O2.ClH/c1-3-17-15(20)11-19(4-2)16(21)14-9-12-7-5-6-8-13(12)10-18-14;/h5-8,14,18H,3-4,9-11H2,1-2H3,(H,17,20);1H. The van der Waals surface area contributed by atoms with Gasteiger partial charge in [0.1, 0.15) is 0 Å². The van der Waals surface area contributed by atoms with Gasteiger partial charge in [-0.1, -0.05) is 24.3 Å². The molecular formula is C16H24ClN3O2. The Kier molecular flexibility index (Phi) is 7.35. The first-order chi connectivity index (χ1) is 10.2. The molecule has 0 saturated carbocycles. The van der Waals surface area contributed by atoms with E-state index in [9.17, 15) is 9.59 Å². The molecular weight excluding hydrogens is 302 g/mol. The third-order valence-corrected chi connectivity index (χ3v) is 3.78. The van der Waals surface area contributed by atoms with Crippen LogP contribution in [-0.2, 0) is 22.6 Å². The van der Waals surface area contributed by atoms with Crippen molar-refractivity contribution in [3.05, 3.63) is 35.4 Å². The van der Waals surface area contributed by atoms with Crippen molar-refractivity contribution in [3.63, 3.8) is 0 Å². The average Bonchev–Trinajstić information content (AvgIpc) is 2.51. The Morgan fingerprint density at radius 3 is 2.59 bits per heavy atom. The van der Waals surface area contributed by atoms with Gasteiger partial charge in [0, 0.05) is 19.6 Å². The number of nitrogens with one attached hydrogen (secondary N) is 2. The fraction of sp³-hybridized carbons (Fsp3) is 0.500. The summed E-state index contributed by atoms with van der Waals surface area (Å²) in [6, 6.07) is 7.91. The van der Waals surface area contributed by atoms with Crippen molar-refractivity contribution >= 4 is 24.2 Å². The molecule has 0 bridgehead atoms.